The number of aromatic nitrogens is 2. The normalized spacial score (nSPS) is 15.9. The molecule has 1 saturated heterocycles. The predicted octanol–water partition coefficient (Wildman–Crippen LogP) is 5.83. The van der Waals surface area contributed by atoms with E-state index in [1.54, 1.807) is 18.2 Å². The number of benzene rings is 2. The summed E-state index contributed by atoms with van der Waals surface area (Å²) in [4.78, 5) is 14.9. The number of rotatable bonds is 7. The molecule has 3 heterocycles. The van der Waals surface area contributed by atoms with Crippen LogP contribution >= 0.6 is 0 Å². The summed E-state index contributed by atoms with van der Waals surface area (Å²) in [6.45, 7) is 10.1. The van der Waals surface area contributed by atoms with Crippen molar-refractivity contribution < 1.29 is 18.3 Å². The number of hydrogen-bond acceptors (Lipinski definition) is 8. The largest absolute Gasteiger partial charge is 0.493 e. The van der Waals surface area contributed by atoms with Crippen LogP contribution in [0.1, 0.15) is 26.7 Å². The van der Waals surface area contributed by atoms with Crippen LogP contribution in [0.25, 0.3) is 11.3 Å². The minimum Gasteiger partial charge on any atom is -0.493 e. The van der Waals surface area contributed by atoms with Crippen LogP contribution in [-0.2, 0) is 0 Å². The highest BCUT2D eigenvalue weighted by atomic mass is 19.1. The lowest BCUT2D eigenvalue weighted by Gasteiger charge is -2.36. The highest BCUT2D eigenvalue weighted by Gasteiger charge is 2.28. The second-order valence-electron chi connectivity index (χ2n) is 10.7. The molecule has 3 aromatic rings. The predicted molar refractivity (Wildman–Crippen MR) is 155 cm³/mol. The average Bonchev–Trinajstić information content (AvgIpc) is 2.93. The van der Waals surface area contributed by atoms with E-state index >= 15 is 8.78 Å². The van der Waals surface area contributed by atoms with E-state index in [-0.39, 0.29) is 23.5 Å². The minimum absolute atomic E-state index is 0.0827. The lowest BCUT2D eigenvalue weighted by molar-refractivity contribution is 0.249. The molecule has 0 bridgehead atoms. The van der Waals surface area contributed by atoms with E-state index in [2.05, 4.69) is 45.8 Å². The number of piperidine rings is 1. The van der Waals surface area contributed by atoms with Crippen LogP contribution in [0.3, 0.4) is 0 Å². The summed E-state index contributed by atoms with van der Waals surface area (Å²) >= 11 is 0. The van der Waals surface area contributed by atoms with Crippen molar-refractivity contribution in [3.63, 3.8) is 0 Å². The Balaban J connectivity index is 1.41. The fraction of sp³-hybridized carbons (Fsp3) is 0.400. The summed E-state index contributed by atoms with van der Waals surface area (Å²) in [6.07, 6.45) is 3.08. The molecule has 1 fully saturated rings. The molecule has 2 aromatic carbocycles. The second kappa shape index (κ2) is 11.3. The van der Waals surface area contributed by atoms with Gasteiger partial charge in [0.1, 0.15) is 18.1 Å². The van der Waals surface area contributed by atoms with Crippen molar-refractivity contribution in [3.8, 4) is 22.8 Å². The number of ether oxygens (including phenoxy) is 2. The maximum absolute atomic E-state index is 15.1. The fourth-order valence-corrected chi connectivity index (χ4v) is 5.46. The van der Waals surface area contributed by atoms with Gasteiger partial charge >= 0.3 is 0 Å². The van der Waals surface area contributed by atoms with Crippen LogP contribution < -0.4 is 24.6 Å². The molecule has 40 heavy (non-hydrogen) atoms. The SMILES string of the molecule is C=C1COc2c(OC)cc(-c3nc(Nc4ccc(N5CCC(N(C)C)CC5)c(F)c4)ncc3F)cc2N1C(C)C. The van der Waals surface area contributed by atoms with Gasteiger partial charge in [-0.1, -0.05) is 6.58 Å². The van der Waals surface area contributed by atoms with Gasteiger partial charge in [-0.15, -0.1) is 0 Å². The van der Waals surface area contributed by atoms with E-state index in [0.29, 0.717) is 41.1 Å². The third-order valence-corrected chi connectivity index (χ3v) is 7.51. The lowest BCUT2D eigenvalue weighted by atomic mass is 10.0. The lowest BCUT2D eigenvalue weighted by Crippen LogP contribution is -2.42. The van der Waals surface area contributed by atoms with Crippen LogP contribution in [-0.4, -0.2) is 67.9 Å². The molecule has 0 spiro atoms. The van der Waals surface area contributed by atoms with Crippen molar-refractivity contribution in [1.82, 2.24) is 14.9 Å². The van der Waals surface area contributed by atoms with Crippen molar-refractivity contribution >= 4 is 23.0 Å². The number of hydrogen-bond donors (Lipinski definition) is 1. The van der Waals surface area contributed by atoms with Crippen molar-refractivity contribution in [1.29, 1.82) is 0 Å². The molecule has 5 rings (SSSR count). The first-order valence-electron chi connectivity index (χ1n) is 13.5. The topological polar surface area (TPSA) is 66.0 Å². The molecule has 2 aliphatic rings. The van der Waals surface area contributed by atoms with Crippen LogP contribution in [0.5, 0.6) is 11.5 Å². The molecular formula is C30H36F2N6O2. The smallest absolute Gasteiger partial charge is 0.227 e. The maximum Gasteiger partial charge on any atom is 0.227 e. The molecule has 1 aromatic heterocycles. The van der Waals surface area contributed by atoms with E-state index < -0.39 is 5.82 Å². The Labute approximate surface area is 234 Å². The van der Waals surface area contributed by atoms with Crippen LogP contribution in [0.15, 0.2) is 48.8 Å². The second-order valence-corrected chi connectivity index (χ2v) is 10.7. The number of nitrogens with one attached hydrogen (secondary N) is 1. The first-order valence-corrected chi connectivity index (χ1v) is 13.5. The number of fused-ring (bicyclic) bond motifs is 1. The third kappa shape index (κ3) is 5.40. The number of halogens is 2. The van der Waals surface area contributed by atoms with Gasteiger partial charge in [0, 0.05) is 42.1 Å². The molecule has 0 saturated carbocycles. The number of anilines is 4. The zero-order valence-electron chi connectivity index (χ0n) is 23.7. The van der Waals surface area contributed by atoms with Crippen molar-refractivity contribution in [2.24, 2.45) is 0 Å². The van der Waals surface area contributed by atoms with E-state index in [0.717, 1.165) is 43.5 Å². The highest BCUT2D eigenvalue weighted by Crippen LogP contribution is 2.46. The molecular weight excluding hydrogens is 514 g/mol. The molecule has 1 N–H and O–H groups in total. The molecule has 212 valence electrons. The maximum atomic E-state index is 15.1. The standard InChI is InChI=1S/C30H36F2N6O2/c1-18(2)38-19(3)17-40-29-26(38)13-20(14-27(29)39-6)28-24(32)16-33-30(35-28)34-21-7-8-25(23(31)15-21)37-11-9-22(10-12-37)36(4)5/h7-8,13-16,18,22H,3,9-12,17H2,1-2,4-6H3,(H,33,34,35). The van der Waals surface area contributed by atoms with E-state index in [9.17, 15) is 0 Å². The first kappa shape index (κ1) is 27.6. The Kier molecular flexibility index (Phi) is 7.80. The molecule has 0 unspecified atom stereocenters. The molecule has 10 heteroatoms. The van der Waals surface area contributed by atoms with Gasteiger partial charge in [0.2, 0.25) is 5.95 Å². The van der Waals surface area contributed by atoms with Gasteiger partial charge < -0.3 is 29.5 Å². The highest BCUT2D eigenvalue weighted by molar-refractivity contribution is 5.78. The van der Waals surface area contributed by atoms with Crippen LogP contribution in [0.4, 0.5) is 31.8 Å². The van der Waals surface area contributed by atoms with E-state index in [1.807, 2.05) is 24.8 Å². The summed E-state index contributed by atoms with van der Waals surface area (Å²) in [6, 6.07) is 9.08. The zero-order chi connectivity index (χ0) is 28.6. The molecule has 0 amide bonds. The molecule has 0 atom stereocenters. The van der Waals surface area contributed by atoms with Crippen molar-refractivity contribution in [2.45, 2.75) is 38.8 Å². The van der Waals surface area contributed by atoms with Gasteiger partial charge in [-0.25, -0.2) is 18.7 Å². The van der Waals surface area contributed by atoms with Gasteiger partial charge in [0.05, 0.1) is 24.7 Å². The van der Waals surface area contributed by atoms with Gasteiger partial charge in [0.15, 0.2) is 17.3 Å². The summed E-state index contributed by atoms with van der Waals surface area (Å²) in [5, 5.41) is 3.02. The molecule has 0 aliphatic carbocycles. The number of methoxy groups -OCH3 is 1. The Morgan fingerprint density at radius 3 is 2.50 bits per heavy atom. The van der Waals surface area contributed by atoms with E-state index in [1.165, 1.54) is 13.2 Å². The Morgan fingerprint density at radius 2 is 1.85 bits per heavy atom. The van der Waals surface area contributed by atoms with Crippen LogP contribution in [0.2, 0.25) is 0 Å². The van der Waals surface area contributed by atoms with Crippen molar-refractivity contribution in [3.05, 3.63) is 60.4 Å². The Morgan fingerprint density at radius 1 is 1.10 bits per heavy atom. The molecule has 2 aliphatic heterocycles. The summed E-state index contributed by atoms with van der Waals surface area (Å²) in [5.74, 6) is 0.256. The summed E-state index contributed by atoms with van der Waals surface area (Å²) in [5.41, 5.74) is 3.13. The Hall–Kier alpha value is -3.92. The van der Waals surface area contributed by atoms with Crippen molar-refractivity contribution in [2.75, 3.05) is 56.0 Å². The molecule has 0 radical (unpaired) electrons. The van der Waals surface area contributed by atoms with Gasteiger partial charge in [-0.05, 0) is 71.1 Å². The molecule has 8 nitrogen and oxygen atoms in total. The first-order chi connectivity index (χ1) is 19.2. The summed E-state index contributed by atoms with van der Waals surface area (Å²) in [7, 11) is 5.70. The summed E-state index contributed by atoms with van der Waals surface area (Å²) < 4.78 is 41.7. The quantitative estimate of drug-likeness (QED) is 0.395. The van der Waals surface area contributed by atoms with Gasteiger partial charge in [-0.3, -0.25) is 0 Å². The van der Waals surface area contributed by atoms with Gasteiger partial charge in [-0.2, -0.15) is 0 Å². The number of nitrogens with zero attached hydrogens (tertiary/aromatic N) is 5. The monoisotopic (exact) mass is 550 g/mol. The Bertz CT molecular complexity index is 1410. The van der Waals surface area contributed by atoms with Crippen LogP contribution in [0, 0.1) is 11.6 Å². The fourth-order valence-electron chi connectivity index (χ4n) is 5.46. The van der Waals surface area contributed by atoms with Gasteiger partial charge in [0.25, 0.3) is 0 Å². The van der Waals surface area contributed by atoms with E-state index in [4.69, 9.17) is 9.47 Å². The average molecular weight is 551 g/mol. The third-order valence-electron chi connectivity index (χ3n) is 7.51. The minimum atomic E-state index is -0.596. The zero-order valence-corrected chi connectivity index (χ0v) is 23.7.